The molecule has 1 aromatic rings. The van der Waals surface area contributed by atoms with Crippen molar-refractivity contribution in [2.24, 2.45) is 0 Å². The van der Waals surface area contributed by atoms with Crippen molar-refractivity contribution in [3.05, 3.63) is 11.4 Å². The molecule has 0 saturated heterocycles. The van der Waals surface area contributed by atoms with Gasteiger partial charge in [0.1, 0.15) is 0 Å². The number of carbonyl (C=O) groups excluding carboxylic acids is 1. The van der Waals surface area contributed by atoms with E-state index in [1.807, 2.05) is 6.92 Å². The van der Waals surface area contributed by atoms with Gasteiger partial charge in [0.15, 0.2) is 5.69 Å². The summed E-state index contributed by atoms with van der Waals surface area (Å²) < 4.78 is 34.1. The van der Waals surface area contributed by atoms with Crippen molar-refractivity contribution in [3.8, 4) is 0 Å². The molecule has 0 aliphatic heterocycles. The van der Waals surface area contributed by atoms with Crippen LogP contribution in [-0.2, 0) is 10.0 Å². The predicted molar refractivity (Wildman–Crippen MR) is 80.8 cm³/mol. The van der Waals surface area contributed by atoms with Crippen LogP contribution in [0.5, 0.6) is 0 Å². The molecule has 1 aromatic heterocycles. The van der Waals surface area contributed by atoms with Crippen LogP contribution in [0.15, 0.2) is 0 Å². The van der Waals surface area contributed by atoms with E-state index in [-0.39, 0.29) is 23.7 Å². The van der Waals surface area contributed by atoms with E-state index in [0.29, 0.717) is 24.2 Å². The van der Waals surface area contributed by atoms with E-state index in [2.05, 4.69) is 18.8 Å². The fourth-order valence-electron chi connectivity index (χ4n) is 2.49. The Morgan fingerprint density at radius 2 is 2.05 bits per heavy atom. The van der Waals surface area contributed by atoms with E-state index >= 15 is 0 Å². The summed E-state index contributed by atoms with van der Waals surface area (Å²) in [5.74, 6) is -0.0900. The van der Waals surface area contributed by atoms with Crippen LogP contribution in [-0.4, -0.2) is 40.9 Å². The molecule has 0 unspecified atom stereocenters. The summed E-state index contributed by atoms with van der Waals surface area (Å²) in [6, 6.07) is -0.116. The first kappa shape index (κ1) is 16.3. The first-order chi connectivity index (χ1) is 9.91. The third kappa shape index (κ3) is 4.45. The van der Waals surface area contributed by atoms with Crippen molar-refractivity contribution in [3.63, 3.8) is 0 Å². The first-order valence-corrected chi connectivity index (χ1v) is 9.39. The second kappa shape index (κ2) is 6.80. The Morgan fingerprint density at radius 1 is 1.33 bits per heavy atom. The van der Waals surface area contributed by atoms with Gasteiger partial charge in [-0.2, -0.15) is 8.75 Å². The van der Waals surface area contributed by atoms with Gasteiger partial charge in [-0.1, -0.05) is 6.92 Å². The van der Waals surface area contributed by atoms with Crippen LogP contribution in [0.2, 0.25) is 0 Å². The van der Waals surface area contributed by atoms with Gasteiger partial charge in [-0.25, -0.2) is 13.1 Å². The van der Waals surface area contributed by atoms with Gasteiger partial charge < -0.3 is 5.32 Å². The number of carbonyl (C=O) groups is 1. The molecule has 1 aliphatic carbocycles. The second-order valence-corrected chi connectivity index (χ2v) is 7.72. The van der Waals surface area contributed by atoms with Gasteiger partial charge in [0.25, 0.3) is 5.91 Å². The van der Waals surface area contributed by atoms with E-state index in [1.54, 1.807) is 6.92 Å². The topological polar surface area (TPSA) is 101 Å². The van der Waals surface area contributed by atoms with Crippen molar-refractivity contribution >= 4 is 27.7 Å². The largest absolute Gasteiger partial charge is 0.348 e. The minimum absolute atomic E-state index is 0.0204. The average Bonchev–Trinajstić information content (AvgIpc) is 2.98. The Bertz CT molecular complexity index is 599. The molecule has 9 heteroatoms. The Morgan fingerprint density at radius 3 is 2.67 bits per heavy atom. The number of aromatic nitrogens is 2. The number of nitrogens with zero attached hydrogens (tertiary/aromatic N) is 2. The molecule has 2 atom stereocenters. The average molecular weight is 332 g/mol. The van der Waals surface area contributed by atoms with Gasteiger partial charge in [0.05, 0.1) is 23.2 Å². The molecule has 0 bridgehead atoms. The summed E-state index contributed by atoms with van der Waals surface area (Å²) in [7, 11) is -3.20. The number of nitrogens with one attached hydrogen (secondary N) is 2. The maximum Gasteiger partial charge on any atom is 0.273 e. The predicted octanol–water partition coefficient (Wildman–Crippen LogP) is 0.827. The van der Waals surface area contributed by atoms with Crippen LogP contribution in [0.1, 0.15) is 48.8 Å². The van der Waals surface area contributed by atoms with Gasteiger partial charge in [-0.15, -0.1) is 0 Å². The summed E-state index contributed by atoms with van der Waals surface area (Å²) in [6.07, 6.45) is 2.72. The quantitative estimate of drug-likeness (QED) is 0.803. The van der Waals surface area contributed by atoms with Gasteiger partial charge in [0.2, 0.25) is 10.0 Å². The number of rotatable bonds is 6. The van der Waals surface area contributed by atoms with Gasteiger partial charge >= 0.3 is 0 Å². The van der Waals surface area contributed by atoms with Crippen molar-refractivity contribution < 1.29 is 13.2 Å². The van der Waals surface area contributed by atoms with Crippen molar-refractivity contribution in [2.45, 2.75) is 51.6 Å². The van der Waals surface area contributed by atoms with E-state index in [1.165, 1.54) is 0 Å². The smallest absolute Gasteiger partial charge is 0.273 e. The maximum absolute atomic E-state index is 12.0. The van der Waals surface area contributed by atoms with Gasteiger partial charge in [-0.3, -0.25) is 4.79 Å². The van der Waals surface area contributed by atoms with Crippen LogP contribution in [0.4, 0.5) is 0 Å². The van der Waals surface area contributed by atoms with Crippen LogP contribution in [0.25, 0.3) is 0 Å². The number of sulfonamides is 1. The molecule has 21 heavy (non-hydrogen) atoms. The van der Waals surface area contributed by atoms with E-state index in [4.69, 9.17) is 0 Å². The standard InChI is InChI=1S/C12H20N4O3S2/c1-3-6-21(18,19)16-10-5-4-9(7-10)13-12(17)11-8(2)14-20-15-11/h9-10,16H,3-7H2,1-2H3,(H,13,17)/t9-,10+/m0/s1. The lowest BCUT2D eigenvalue weighted by molar-refractivity contribution is 0.0933. The van der Waals surface area contributed by atoms with Crippen molar-refractivity contribution in [2.75, 3.05) is 5.75 Å². The summed E-state index contributed by atoms with van der Waals surface area (Å²) >= 11 is 1.01. The number of amides is 1. The van der Waals surface area contributed by atoms with Crippen LogP contribution < -0.4 is 10.0 Å². The molecular weight excluding hydrogens is 312 g/mol. The lowest BCUT2D eigenvalue weighted by Gasteiger charge is -2.14. The van der Waals surface area contributed by atoms with Gasteiger partial charge in [-0.05, 0) is 32.6 Å². The van der Waals surface area contributed by atoms with Crippen LogP contribution >= 0.6 is 11.7 Å². The molecule has 118 valence electrons. The summed E-state index contributed by atoms with van der Waals surface area (Å²) in [5.41, 5.74) is 0.978. The molecule has 2 rings (SSSR count). The highest BCUT2D eigenvalue weighted by Gasteiger charge is 2.29. The molecule has 1 amide bonds. The Balaban J connectivity index is 1.86. The highest BCUT2D eigenvalue weighted by Crippen LogP contribution is 2.20. The molecule has 2 N–H and O–H groups in total. The molecule has 0 aromatic carbocycles. The number of hydrogen-bond donors (Lipinski definition) is 2. The zero-order valence-corrected chi connectivity index (χ0v) is 13.8. The third-order valence-corrected chi connectivity index (χ3v) is 5.71. The normalized spacial score (nSPS) is 22.4. The summed E-state index contributed by atoms with van der Waals surface area (Å²) in [4.78, 5) is 12.0. The molecule has 1 fully saturated rings. The van der Waals surface area contributed by atoms with E-state index in [9.17, 15) is 13.2 Å². The highest BCUT2D eigenvalue weighted by atomic mass is 32.2. The van der Waals surface area contributed by atoms with Gasteiger partial charge in [0, 0.05) is 12.1 Å². The third-order valence-electron chi connectivity index (χ3n) is 3.45. The molecule has 0 spiro atoms. The first-order valence-electron chi connectivity index (χ1n) is 7.01. The fraction of sp³-hybridized carbons (Fsp3) is 0.750. The van der Waals surface area contributed by atoms with E-state index < -0.39 is 10.0 Å². The molecule has 7 nitrogen and oxygen atoms in total. The highest BCUT2D eigenvalue weighted by molar-refractivity contribution is 7.89. The Kier molecular flexibility index (Phi) is 5.28. The minimum Gasteiger partial charge on any atom is -0.348 e. The van der Waals surface area contributed by atoms with Crippen molar-refractivity contribution in [1.82, 2.24) is 18.8 Å². The number of aryl methyl sites for hydroxylation is 1. The summed E-state index contributed by atoms with van der Waals surface area (Å²) in [5, 5.41) is 2.90. The molecular formula is C12H20N4O3S2. The minimum atomic E-state index is -3.20. The SMILES string of the molecule is CCCS(=O)(=O)N[C@@H]1CC[C@H](NC(=O)c2nsnc2C)C1. The zero-order valence-electron chi connectivity index (χ0n) is 12.1. The lowest BCUT2D eigenvalue weighted by atomic mass is 10.2. The summed E-state index contributed by atoms with van der Waals surface area (Å²) in [6.45, 7) is 3.58. The molecule has 0 radical (unpaired) electrons. The zero-order chi connectivity index (χ0) is 15.5. The second-order valence-electron chi connectivity index (χ2n) is 5.32. The Labute approximate surface area is 128 Å². The molecule has 1 heterocycles. The monoisotopic (exact) mass is 332 g/mol. The number of hydrogen-bond acceptors (Lipinski definition) is 6. The van der Waals surface area contributed by atoms with Crippen LogP contribution in [0.3, 0.4) is 0 Å². The lowest BCUT2D eigenvalue weighted by Crippen LogP contribution is -2.38. The fourth-order valence-corrected chi connectivity index (χ4v) is 4.42. The van der Waals surface area contributed by atoms with Crippen molar-refractivity contribution in [1.29, 1.82) is 0 Å². The Hall–Kier alpha value is -1.06. The van der Waals surface area contributed by atoms with Crippen LogP contribution in [0, 0.1) is 6.92 Å². The maximum atomic E-state index is 12.0. The molecule has 1 aliphatic rings. The molecule has 1 saturated carbocycles. The van der Waals surface area contributed by atoms with E-state index in [0.717, 1.165) is 24.6 Å².